The van der Waals surface area contributed by atoms with Gasteiger partial charge in [-0.3, -0.25) is 0 Å². The van der Waals surface area contributed by atoms with E-state index in [4.69, 9.17) is 4.42 Å². The number of benzene rings is 1. The maximum Gasteiger partial charge on any atom is 0.247 e. The van der Waals surface area contributed by atoms with Crippen molar-refractivity contribution in [2.24, 2.45) is 0 Å². The molecule has 0 atom stereocenters. The van der Waals surface area contributed by atoms with Crippen molar-refractivity contribution in [3.63, 3.8) is 0 Å². The molecule has 2 heterocycles. The number of halogens is 1. The van der Waals surface area contributed by atoms with Crippen LogP contribution < -0.4 is 0 Å². The second kappa shape index (κ2) is 5.16. The molecule has 0 saturated heterocycles. The maximum absolute atomic E-state index is 12.9. The normalized spacial score (nSPS) is 10.9. The molecule has 7 nitrogen and oxygen atoms in total. The molecule has 0 N–H and O–H groups in total. The van der Waals surface area contributed by atoms with Crippen molar-refractivity contribution >= 4 is 0 Å². The summed E-state index contributed by atoms with van der Waals surface area (Å²) >= 11 is 0. The molecular weight excluding hydrogens is 263 g/mol. The van der Waals surface area contributed by atoms with E-state index >= 15 is 0 Å². The first-order valence-electron chi connectivity index (χ1n) is 6.09. The molecule has 0 fully saturated rings. The molecule has 0 aliphatic rings. The minimum absolute atomic E-state index is 0.310. The van der Waals surface area contributed by atoms with Gasteiger partial charge >= 0.3 is 0 Å². The fourth-order valence-corrected chi connectivity index (χ4v) is 1.75. The second-order valence-electron chi connectivity index (χ2n) is 4.11. The van der Waals surface area contributed by atoms with Gasteiger partial charge in [-0.05, 0) is 34.7 Å². The minimum atomic E-state index is -0.310. The number of hydrogen-bond donors (Lipinski definition) is 0. The summed E-state index contributed by atoms with van der Waals surface area (Å²) in [5.74, 6) is 1.17. The van der Waals surface area contributed by atoms with Crippen LogP contribution in [0.15, 0.2) is 28.7 Å². The quantitative estimate of drug-likeness (QED) is 0.716. The largest absolute Gasteiger partial charge is 0.419 e. The maximum atomic E-state index is 12.9. The lowest BCUT2D eigenvalue weighted by atomic mass is 10.2. The highest BCUT2D eigenvalue weighted by molar-refractivity contribution is 5.51. The van der Waals surface area contributed by atoms with Gasteiger partial charge < -0.3 is 4.42 Å². The zero-order valence-corrected chi connectivity index (χ0v) is 10.7. The lowest BCUT2D eigenvalue weighted by Crippen LogP contribution is -2.06. The van der Waals surface area contributed by atoms with Crippen LogP contribution >= 0.6 is 0 Å². The summed E-state index contributed by atoms with van der Waals surface area (Å²) in [5.41, 5.74) is 0.664. The molecule has 0 amide bonds. The molecule has 0 unspecified atom stereocenters. The first-order valence-corrected chi connectivity index (χ1v) is 6.09. The first kappa shape index (κ1) is 12.4. The molecule has 0 radical (unpaired) electrons. The lowest BCUT2D eigenvalue weighted by molar-refractivity contribution is 0.463. The zero-order valence-electron chi connectivity index (χ0n) is 10.7. The Morgan fingerprint density at radius 1 is 1.15 bits per heavy atom. The Kier molecular flexibility index (Phi) is 3.20. The van der Waals surface area contributed by atoms with Crippen LogP contribution in [0, 0.1) is 5.82 Å². The summed E-state index contributed by atoms with van der Waals surface area (Å²) in [5, 5.41) is 19.2. The van der Waals surface area contributed by atoms with E-state index in [0.29, 0.717) is 30.3 Å². The third-order valence-electron chi connectivity index (χ3n) is 2.77. The Balaban J connectivity index is 1.82. The van der Waals surface area contributed by atoms with Gasteiger partial charge in [0.25, 0.3) is 0 Å². The van der Waals surface area contributed by atoms with Crippen LogP contribution in [0.3, 0.4) is 0 Å². The molecule has 20 heavy (non-hydrogen) atoms. The number of aromatic nitrogens is 6. The molecular formula is C12H11FN6O. The van der Waals surface area contributed by atoms with Crippen molar-refractivity contribution < 1.29 is 8.81 Å². The van der Waals surface area contributed by atoms with Gasteiger partial charge in [-0.1, -0.05) is 6.92 Å². The summed E-state index contributed by atoms with van der Waals surface area (Å²) in [7, 11) is 0. The molecule has 0 aliphatic heterocycles. The standard InChI is InChI=1S/C12H11FN6O/c1-2-10-14-17-18-19(10)7-11-15-16-12(20-11)8-3-5-9(13)6-4-8/h3-6H,2,7H2,1H3. The number of tetrazole rings is 1. The Labute approximate surface area is 113 Å². The summed E-state index contributed by atoms with van der Waals surface area (Å²) in [6.07, 6.45) is 0.714. The Morgan fingerprint density at radius 2 is 1.95 bits per heavy atom. The van der Waals surface area contributed by atoms with E-state index in [1.165, 1.54) is 12.1 Å². The van der Waals surface area contributed by atoms with Gasteiger partial charge in [0.2, 0.25) is 11.8 Å². The SMILES string of the molecule is CCc1nnnn1Cc1nnc(-c2ccc(F)cc2)o1. The number of aryl methyl sites for hydroxylation is 1. The molecule has 102 valence electrons. The van der Waals surface area contributed by atoms with Crippen LogP contribution in [-0.2, 0) is 13.0 Å². The van der Waals surface area contributed by atoms with Gasteiger partial charge in [-0.25, -0.2) is 9.07 Å². The highest BCUT2D eigenvalue weighted by atomic mass is 19.1. The van der Waals surface area contributed by atoms with E-state index in [1.807, 2.05) is 6.92 Å². The fraction of sp³-hybridized carbons (Fsp3) is 0.250. The van der Waals surface area contributed by atoms with Crippen LogP contribution in [0.25, 0.3) is 11.5 Å². The summed E-state index contributed by atoms with van der Waals surface area (Å²) in [6.45, 7) is 2.27. The lowest BCUT2D eigenvalue weighted by Gasteiger charge is -1.98. The number of hydrogen-bond acceptors (Lipinski definition) is 6. The van der Waals surface area contributed by atoms with Crippen LogP contribution in [0.4, 0.5) is 4.39 Å². The van der Waals surface area contributed by atoms with Gasteiger partial charge in [0.05, 0.1) is 0 Å². The van der Waals surface area contributed by atoms with Crippen molar-refractivity contribution in [3.05, 3.63) is 41.8 Å². The van der Waals surface area contributed by atoms with Gasteiger partial charge in [0.1, 0.15) is 12.4 Å². The molecule has 1 aromatic carbocycles. The molecule has 3 rings (SSSR count). The highest BCUT2D eigenvalue weighted by Crippen LogP contribution is 2.18. The van der Waals surface area contributed by atoms with E-state index in [-0.39, 0.29) is 5.82 Å². The third kappa shape index (κ3) is 2.40. The van der Waals surface area contributed by atoms with Crippen molar-refractivity contribution in [2.75, 3.05) is 0 Å². The van der Waals surface area contributed by atoms with E-state index in [1.54, 1.807) is 16.8 Å². The van der Waals surface area contributed by atoms with Gasteiger partial charge in [-0.15, -0.1) is 15.3 Å². The van der Waals surface area contributed by atoms with Gasteiger partial charge in [0.15, 0.2) is 5.82 Å². The highest BCUT2D eigenvalue weighted by Gasteiger charge is 2.11. The summed E-state index contributed by atoms with van der Waals surface area (Å²) in [4.78, 5) is 0. The average Bonchev–Trinajstić information content (AvgIpc) is 3.09. The average molecular weight is 274 g/mol. The van der Waals surface area contributed by atoms with Crippen LogP contribution in [-0.4, -0.2) is 30.4 Å². The van der Waals surface area contributed by atoms with Crippen molar-refractivity contribution in [1.82, 2.24) is 30.4 Å². The van der Waals surface area contributed by atoms with E-state index in [9.17, 15) is 4.39 Å². The molecule has 2 aromatic heterocycles. The van der Waals surface area contributed by atoms with E-state index in [0.717, 1.165) is 5.82 Å². The van der Waals surface area contributed by atoms with Gasteiger partial charge in [0, 0.05) is 12.0 Å². The predicted molar refractivity (Wildman–Crippen MR) is 66.0 cm³/mol. The van der Waals surface area contributed by atoms with Crippen molar-refractivity contribution in [3.8, 4) is 11.5 Å². The van der Waals surface area contributed by atoms with Crippen LogP contribution in [0.2, 0.25) is 0 Å². The van der Waals surface area contributed by atoms with Gasteiger partial charge in [-0.2, -0.15) is 0 Å². The fourth-order valence-electron chi connectivity index (χ4n) is 1.75. The minimum Gasteiger partial charge on any atom is -0.419 e. The van der Waals surface area contributed by atoms with E-state index in [2.05, 4.69) is 25.7 Å². The Morgan fingerprint density at radius 3 is 2.70 bits per heavy atom. The first-order chi connectivity index (χ1) is 9.76. The number of nitrogens with zero attached hydrogens (tertiary/aromatic N) is 6. The molecule has 0 saturated carbocycles. The van der Waals surface area contributed by atoms with Crippen LogP contribution in [0.1, 0.15) is 18.6 Å². The second-order valence-corrected chi connectivity index (χ2v) is 4.11. The molecule has 0 bridgehead atoms. The smallest absolute Gasteiger partial charge is 0.247 e. The van der Waals surface area contributed by atoms with Crippen LogP contribution in [0.5, 0.6) is 0 Å². The molecule has 8 heteroatoms. The summed E-state index contributed by atoms with van der Waals surface area (Å²) < 4.78 is 20.0. The number of rotatable bonds is 4. The monoisotopic (exact) mass is 274 g/mol. The summed E-state index contributed by atoms with van der Waals surface area (Å²) in [6, 6.07) is 5.85. The van der Waals surface area contributed by atoms with E-state index < -0.39 is 0 Å². The third-order valence-corrected chi connectivity index (χ3v) is 2.77. The predicted octanol–water partition coefficient (Wildman–Crippen LogP) is 1.47. The van der Waals surface area contributed by atoms with Crippen molar-refractivity contribution in [1.29, 1.82) is 0 Å². The zero-order chi connectivity index (χ0) is 13.9. The topological polar surface area (TPSA) is 82.5 Å². The Bertz CT molecular complexity index is 705. The molecule has 0 aliphatic carbocycles. The molecule has 0 spiro atoms. The van der Waals surface area contributed by atoms with Crippen molar-refractivity contribution in [2.45, 2.75) is 19.9 Å². The Hall–Kier alpha value is -2.64. The molecule has 3 aromatic rings.